The van der Waals surface area contributed by atoms with E-state index in [-0.39, 0.29) is 6.10 Å². The summed E-state index contributed by atoms with van der Waals surface area (Å²) >= 11 is 0. The van der Waals surface area contributed by atoms with Crippen molar-refractivity contribution in [1.29, 1.82) is 0 Å². The lowest BCUT2D eigenvalue weighted by Gasteiger charge is -2.04. The molecule has 1 aromatic heterocycles. The number of halogens is 3. The smallest absolute Gasteiger partial charge is 0.368 e. The Morgan fingerprint density at radius 1 is 1.38 bits per heavy atom. The van der Waals surface area contributed by atoms with Gasteiger partial charge in [0, 0.05) is 11.8 Å². The summed E-state index contributed by atoms with van der Waals surface area (Å²) in [6.45, 7) is 0.576. The van der Waals surface area contributed by atoms with Gasteiger partial charge in [0.1, 0.15) is 11.8 Å². The van der Waals surface area contributed by atoms with Gasteiger partial charge in [-0.05, 0) is 6.07 Å². The van der Waals surface area contributed by atoms with Crippen LogP contribution in [0, 0.1) is 0 Å². The molecular formula is C8H6F3NO. The second-order valence-electron chi connectivity index (χ2n) is 2.80. The van der Waals surface area contributed by atoms with Crippen LogP contribution in [0.2, 0.25) is 0 Å². The normalized spacial score (nSPS) is 21.6. The fourth-order valence-electron chi connectivity index (χ4n) is 1.00. The summed E-state index contributed by atoms with van der Waals surface area (Å²) in [6, 6.07) is 2.37. The van der Waals surface area contributed by atoms with Gasteiger partial charge < -0.3 is 4.74 Å². The fraction of sp³-hybridized carbons (Fsp3) is 0.375. The summed E-state index contributed by atoms with van der Waals surface area (Å²) in [7, 11) is 0. The number of epoxide rings is 1. The molecule has 0 saturated carbocycles. The minimum Gasteiger partial charge on any atom is -0.368 e. The highest BCUT2D eigenvalue weighted by atomic mass is 19.4. The predicted octanol–water partition coefficient (Wildman–Crippen LogP) is 2.17. The first-order chi connectivity index (χ1) is 6.07. The van der Waals surface area contributed by atoms with E-state index < -0.39 is 11.9 Å². The van der Waals surface area contributed by atoms with Crippen molar-refractivity contribution in [2.45, 2.75) is 12.3 Å². The Hall–Kier alpha value is -1.10. The quantitative estimate of drug-likeness (QED) is 0.632. The van der Waals surface area contributed by atoms with Crippen molar-refractivity contribution in [2.24, 2.45) is 0 Å². The van der Waals surface area contributed by atoms with Gasteiger partial charge in [0.05, 0.1) is 6.61 Å². The molecule has 70 valence electrons. The monoisotopic (exact) mass is 189 g/mol. The second kappa shape index (κ2) is 2.70. The van der Waals surface area contributed by atoms with Crippen LogP contribution in [0.15, 0.2) is 18.3 Å². The average Bonchev–Trinajstić information content (AvgIpc) is 2.85. The van der Waals surface area contributed by atoms with Crippen LogP contribution >= 0.6 is 0 Å². The van der Waals surface area contributed by atoms with E-state index in [1.54, 1.807) is 0 Å². The molecule has 0 unspecified atom stereocenters. The van der Waals surface area contributed by atoms with Crippen molar-refractivity contribution in [3.8, 4) is 0 Å². The maximum atomic E-state index is 12.0. The standard InChI is InChI=1S/C8H6F3NO/c9-8(10,11)7-2-1-5(3-12-7)6-4-13-6/h1-3,6H,4H2/t6-/m0/s1. The van der Waals surface area contributed by atoms with Crippen LogP contribution in [0.5, 0.6) is 0 Å². The molecule has 1 aromatic rings. The van der Waals surface area contributed by atoms with Gasteiger partial charge >= 0.3 is 6.18 Å². The first kappa shape index (κ1) is 8.50. The number of rotatable bonds is 1. The van der Waals surface area contributed by atoms with Gasteiger partial charge in [-0.1, -0.05) is 6.07 Å². The number of alkyl halides is 3. The lowest BCUT2D eigenvalue weighted by Crippen LogP contribution is -2.07. The van der Waals surface area contributed by atoms with Crippen molar-refractivity contribution in [3.05, 3.63) is 29.6 Å². The molecule has 0 N–H and O–H groups in total. The van der Waals surface area contributed by atoms with Crippen LogP contribution in [0.1, 0.15) is 17.4 Å². The Balaban J connectivity index is 2.22. The van der Waals surface area contributed by atoms with Gasteiger partial charge in [-0.15, -0.1) is 0 Å². The van der Waals surface area contributed by atoms with E-state index >= 15 is 0 Å². The van der Waals surface area contributed by atoms with E-state index in [9.17, 15) is 13.2 Å². The Bertz CT molecular complexity index is 302. The van der Waals surface area contributed by atoms with Crippen LogP contribution in [0.3, 0.4) is 0 Å². The average molecular weight is 189 g/mol. The van der Waals surface area contributed by atoms with Crippen LogP contribution in [-0.2, 0) is 10.9 Å². The van der Waals surface area contributed by atoms with Gasteiger partial charge in [-0.25, -0.2) is 0 Å². The molecule has 0 aromatic carbocycles. The number of aromatic nitrogens is 1. The van der Waals surface area contributed by atoms with E-state index in [2.05, 4.69) is 4.98 Å². The third kappa shape index (κ3) is 1.80. The summed E-state index contributed by atoms with van der Waals surface area (Å²) in [5.74, 6) is 0. The summed E-state index contributed by atoms with van der Waals surface area (Å²) in [6.07, 6.45) is -3.20. The topological polar surface area (TPSA) is 25.4 Å². The number of ether oxygens (including phenoxy) is 1. The molecule has 0 spiro atoms. The molecule has 2 rings (SSSR count). The Morgan fingerprint density at radius 3 is 2.46 bits per heavy atom. The maximum Gasteiger partial charge on any atom is 0.433 e. The van der Waals surface area contributed by atoms with Crippen molar-refractivity contribution in [2.75, 3.05) is 6.61 Å². The Kier molecular flexibility index (Phi) is 1.76. The Morgan fingerprint density at radius 2 is 2.08 bits per heavy atom. The lowest BCUT2D eigenvalue weighted by atomic mass is 10.2. The number of nitrogens with zero attached hydrogens (tertiary/aromatic N) is 1. The molecule has 1 saturated heterocycles. The van der Waals surface area contributed by atoms with Gasteiger partial charge in [0.2, 0.25) is 0 Å². The molecule has 1 aliphatic heterocycles. The van der Waals surface area contributed by atoms with Crippen molar-refractivity contribution >= 4 is 0 Å². The highest BCUT2D eigenvalue weighted by Gasteiger charge is 2.33. The SMILES string of the molecule is FC(F)(F)c1ccc([C@@H]2CO2)cn1. The second-order valence-corrected chi connectivity index (χ2v) is 2.80. The number of pyridine rings is 1. The van der Waals surface area contributed by atoms with E-state index in [4.69, 9.17) is 4.74 Å². The molecule has 0 aliphatic carbocycles. The van der Waals surface area contributed by atoms with E-state index in [0.717, 1.165) is 6.07 Å². The minimum absolute atomic E-state index is 0.0465. The molecular weight excluding hydrogens is 183 g/mol. The summed E-state index contributed by atoms with van der Waals surface area (Å²) < 4.78 is 41.0. The summed E-state index contributed by atoms with van der Waals surface area (Å²) in [5.41, 5.74) is -0.162. The third-order valence-electron chi connectivity index (χ3n) is 1.78. The third-order valence-corrected chi connectivity index (χ3v) is 1.78. The molecule has 1 aliphatic rings. The minimum atomic E-state index is -4.36. The first-order valence-electron chi connectivity index (χ1n) is 3.72. The predicted molar refractivity (Wildman–Crippen MR) is 37.9 cm³/mol. The lowest BCUT2D eigenvalue weighted by molar-refractivity contribution is -0.141. The zero-order valence-electron chi connectivity index (χ0n) is 6.51. The van der Waals surface area contributed by atoms with E-state index in [1.807, 2.05) is 0 Å². The largest absolute Gasteiger partial charge is 0.433 e. The fourth-order valence-corrected chi connectivity index (χ4v) is 1.00. The molecule has 0 radical (unpaired) electrons. The van der Waals surface area contributed by atoms with Crippen molar-refractivity contribution < 1.29 is 17.9 Å². The van der Waals surface area contributed by atoms with Crippen molar-refractivity contribution in [3.63, 3.8) is 0 Å². The molecule has 5 heteroatoms. The van der Waals surface area contributed by atoms with Gasteiger partial charge in [0.25, 0.3) is 0 Å². The van der Waals surface area contributed by atoms with Crippen LogP contribution in [0.4, 0.5) is 13.2 Å². The van der Waals surface area contributed by atoms with Gasteiger partial charge in [-0.2, -0.15) is 13.2 Å². The molecule has 0 amide bonds. The van der Waals surface area contributed by atoms with E-state index in [1.165, 1.54) is 12.3 Å². The molecule has 13 heavy (non-hydrogen) atoms. The van der Waals surface area contributed by atoms with Crippen LogP contribution < -0.4 is 0 Å². The number of hydrogen-bond acceptors (Lipinski definition) is 2. The van der Waals surface area contributed by atoms with Gasteiger partial charge in [-0.3, -0.25) is 4.98 Å². The highest BCUT2D eigenvalue weighted by molar-refractivity contribution is 5.20. The molecule has 0 bridgehead atoms. The first-order valence-corrected chi connectivity index (χ1v) is 3.72. The number of hydrogen-bond donors (Lipinski definition) is 0. The zero-order valence-corrected chi connectivity index (χ0v) is 6.51. The Labute approximate surface area is 72.4 Å². The van der Waals surface area contributed by atoms with E-state index in [0.29, 0.717) is 12.2 Å². The summed E-state index contributed by atoms with van der Waals surface area (Å²) in [4.78, 5) is 3.31. The molecule has 1 fully saturated rings. The van der Waals surface area contributed by atoms with Crippen LogP contribution in [-0.4, -0.2) is 11.6 Å². The van der Waals surface area contributed by atoms with Gasteiger partial charge in [0.15, 0.2) is 0 Å². The van der Waals surface area contributed by atoms with Crippen molar-refractivity contribution in [1.82, 2.24) is 4.98 Å². The molecule has 1 atom stereocenters. The maximum absolute atomic E-state index is 12.0. The summed E-state index contributed by atoms with van der Waals surface area (Å²) in [5, 5.41) is 0. The zero-order chi connectivity index (χ0) is 9.47. The van der Waals surface area contributed by atoms with Crippen LogP contribution in [0.25, 0.3) is 0 Å². The molecule has 2 nitrogen and oxygen atoms in total. The highest BCUT2D eigenvalue weighted by Crippen LogP contribution is 2.32. The molecule has 2 heterocycles.